The quantitative estimate of drug-likeness (QED) is 0.509. The highest BCUT2D eigenvalue weighted by atomic mass is 35.5. The predicted molar refractivity (Wildman–Crippen MR) is 106 cm³/mol. The molecule has 0 atom stereocenters. The molecule has 1 aliphatic carbocycles. The maximum atomic E-state index is 12.0. The van der Waals surface area contributed by atoms with Crippen molar-refractivity contribution in [1.82, 2.24) is 24.7 Å². The van der Waals surface area contributed by atoms with Crippen LogP contribution in [-0.4, -0.2) is 30.6 Å². The van der Waals surface area contributed by atoms with Gasteiger partial charge in [-0.2, -0.15) is 5.10 Å². The van der Waals surface area contributed by atoms with Crippen molar-refractivity contribution in [2.75, 3.05) is 5.32 Å². The molecule has 0 bridgehead atoms. The number of hydrogen-bond acceptors (Lipinski definition) is 5. The molecule has 0 unspecified atom stereocenters. The van der Waals surface area contributed by atoms with Gasteiger partial charge in [0.2, 0.25) is 5.91 Å². The number of carbonyl (C=O) groups excluding carboxylic acids is 1. The summed E-state index contributed by atoms with van der Waals surface area (Å²) in [5.74, 6) is 0.781. The van der Waals surface area contributed by atoms with Crippen LogP contribution in [0.25, 0.3) is 27.4 Å². The number of hydrogen-bond donors (Lipinski definition) is 2. The molecule has 4 aromatic rings. The van der Waals surface area contributed by atoms with E-state index in [2.05, 4.69) is 25.5 Å². The molecule has 0 aliphatic heterocycles. The lowest BCUT2D eigenvalue weighted by atomic mass is 10.1. The summed E-state index contributed by atoms with van der Waals surface area (Å²) in [5.41, 5.74) is 2.12. The summed E-state index contributed by atoms with van der Waals surface area (Å²) >= 11 is 13.9. The smallest absolute Gasteiger partial charge is 0.229 e. The number of nitrogens with one attached hydrogen (secondary N) is 2. The number of benzene rings is 1. The van der Waals surface area contributed by atoms with Gasteiger partial charge < -0.3 is 5.32 Å². The Hall–Kier alpha value is -2.42. The van der Waals surface area contributed by atoms with Crippen molar-refractivity contribution in [2.45, 2.75) is 12.8 Å². The van der Waals surface area contributed by atoms with Gasteiger partial charge >= 0.3 is 0 Å². The van der Waals surface area contributed by atoms with Crippen molar-refractivity contribution in [3.8, 4) is 17.1 Å². The Morgan fingerprint density at radius 3 is 3.00 bits per heavy atom. The minimum atomic E-state index is 0.0231. The molecule has 1 saturated carbocycles. The molecule has 1 fully saturated rings. The average Bonchev–Trinajstić information content (AvgIpc) is 3.08. The van der Waals surface area contributed by atoms with E-state index in [0.717, 1.165) is 28.8 Å². The molecule has 0 saturated heterocycles. The van der Waals surface area contributed by atoms with Gasteiger partial charge in [0.15, 0.2) is 16.6 Å². The number of H-pyrrole nitrogens is 1. The standard InChI is InChI=1S/C17H12Cl2N6OS/c18-9-3-4-11(19)10(5-9)12-6-20-7-25(12)15-13-14(23-24-15)21-17(27-13)22-16(26)8-1-2-8/h3-8H,1-2H2,(H2,21,22,23,24,26). The van der Waals surface area contributed by atoms with Crippen LogP contribution in [0.15, 0.2) is 30.7 Å². The number of amides is 1. The van der Waals surface area contributed by atoms with E-state index < -0.39 is 0 Å². The first-order valence-corrected chi connectivity index (χ1v) is 9.81. The molecule has 5 rings (SSSR count). The normalized spacial score (nSPS) is 14.0. The highest BCUT2D eigenvalue weighted by molar-refractivity contribution is 7.22. The second kappa shape index (κ2) is 6.33. The number of rotatable bonds is 4. The van der Waals surface area contributed by atoms with Crippen LogP contribution >= 0.6 is 34.5 Å². The molecule has 1 amide bonds. The first-order chi connectivity index (χ1) is 13.1. The molecular formula is C17H12Cl2N6OS. The summed E-state index contributed by atoms with van der Waals surface area (Å²) < 4.78 is 2.64. The van der Waals surface area contributed by atoms with Gasteiger partial charge in [-0.1, -0.05) is 34.5 Å². The molecular weight excluding hydrogens is 407 g/mol. The predicted octanol–water partition coefficient (Wildman–Crippen LogP) is 4.53. The molecule has 10 heteroatoms. The topological polar surface area (TPSA) is 88.5 Å². The molecule has 136 valence electrons. The fraction of sp³-hybridized carbons (Fsp3) is 0.176. The third kappa shape index (κ3) is 2.99. The third-order valence-corrected chi connectivity index (χ3v) is 5.88. The van der Waals surface area contributed by atoms with Crippen molar-refractivity contribution in [3.63, 3.8) is 0 Å². The summed E-state index contributed by atoms with van der Waals surface area (Å²) in [5, 5.41) is 11.8. The lowest BCUT2D eigenvalue weighted by Crippen LogP contribution is -2.12. The Kier molecular flexibility index (Phi) is 3.92. The second-order valence-electron chi connectivity index (χ2n) is 6.28. The van der Waals surface area contributed by atoms with Crippen LogP contribution in [0.1, 0.15) is 12.8 Å². The lowest BCUT2D eigenvalue weighted by Gasteiger charge is -2.07. The van der Waals surface area contributed by atoms with E-state index >= 15 is 0 Å². The van der Waals surface area contributed by atoms with Gasteiger partial charge in [-0.05, 0) is 31.0 Å². The van der Waals surface area contributed by atoms with Crippen LogP contribution in [0.4, 0.5) is 5.13 Å². The maximum absolute atomic E-state index is 12.0. The number of anilines is 1. The van der Waals surface area contributed by atoms with Gasteiger partial charge in [-0.25, -0.2) is 9.97 Å². The second-order valence-corrected chi connectivity index (χ2v) is 8.12. The fourth-order valence-electron chi connectivity index (χ4n) is 2.83. The van der Waals surface area contributed by atoms with Crippen molar-refractivity contribution < 1.29 is 4.79 Å². The summed E-state index contributed by atoms with van der Waals surface area (Å²) in [6.45, 7) is 0. The van der Waals surface area contributed by atoms with Gasteiger partial charge in [0.1, 0.15) is 11.0 Å². The van der Waals surface area contributed by atoms with Crippen LogP contribution in [0.3, 0.4) is 0 Å². The molecule has 2 N–H and O–H groups in total. The molecule has 1 aliphatic rings. The van der Waals surface area contributed by atoms with Gasteiger partial charge in [0, 0.05) is 16.5 Å². The Balaban J connectivity index is 1.56. The van der Waals surface area contributed by atoms with Gasteiger partial charge in [-0.3, -0.25) is 14.5 Å². The molecule has 7 nitrogen and oxygen atoms in total. The molecule has 1 aromatic carbocycles. The largest absolute Gasteiger partial charge is 0.302 e. The number of aromatic amines is 1. The first-order valence-electron chi connectivity index (χ1n) is 8.24. The minimum absolute atomic E-state index is 0.0231. The summed E-state index contributed by atoms with van der Waals surface area (Å²) in [7, 11) is 0. The van der Waals surface area contributed by atoms with Crippen LogP contribution in [-0.2, 0) is 4.79 Å². The lowest BCUT2D eigenvalue weighted by molar-refractivity contribution is -0.117. The average molecular weight is 419 g/mol. The van der Waals surface area contributed by atoms with E-state index in [9.17, 15) is 4.79 Å². The van der Waals surface area contributed by atoms with Crippen LogP contribution in [0, 0.1) is 5.92 Å². The van der Waals surface area contributed by atoms with Crippen molar-refractivity contribution >= 4 is 55.9 Å². The molecule has 3 aromatic heterocycles. The van der Waals surface area contributed by atoms with Crippen LogP contribution in [0.2, 0.25) is 10.0 Å². The van der Waals surface area contributed by atoms with E-state index in [1.807, 2.05) is 4.57 Å². The van der Waals surface area contributed by atoms with Gasteiger partial charge in [0.05, 0.1) is 16.9 Å². The highest BCUT2D eigenvalue weighted by Crippen LogP contribution is 2.36. The van der Waals surface area contributed by atoms with E-state index in [0.29, 0.717) is 26.6 Å². The summed E-state index contributed by atoms with van der Waals surface area (Å²) in [6.07, 6.45) is 5.25. The Labute approximate surface area is 167 Å². The molecule has 3 heterocycles. The fourth-order valence-corrected chi connectivity index (χ4v) is 4.12. The number of nitrogens with zero attached hydrogens (tertiary/aromatic N) is 4. The Morgan fingerprint density at radius 2 is 2.19 bits per heavy atom. The third-order valence-electron chi connectivity index (χ3n) is 4.35. The van der Waals surface area contributed by atoms with Gasteiger partial charge in [0.25, 0.3) is 0 Å². The van der Waals surface area contributed by atoms with Crippen LogP contribution < -0.4 is 5.32 Å². The Morgan fingerprint density at radius 1 is 1.33 bits per heavy atom. The monoisotopic (exact) mass is 418 g/mol. The van der Waals surface area contributed by atoms with E-state index in [1.165, 1.54) is 11.3 Å². The number of thiazole rings is 1. The highest BCUT2D eigenvalue weighted by Gasteiger charge is 2.30. The summed E-state index contributed by atoms with van der Waals surface area (Å²) in [6, 6.07) is 5.27. The molecule has 0 spiro atoms. The van der Waals surface area contributed by atoms with E-state index in [1.54, 1.807) is 30.7 Å². The van der Waals surface area contributed by atoms with E-state index in [-0.39, 0.29) is 11.8 Å². The van der Waals surface area contributed by atoms with Crippen molar-refractivity contribution in [3.05, 3.63) is 40.8 Å². The Bertz CT molecular complexity index is 1180. The summed E-state index contributed by atoms with van der Waals surface area (Å²) in [4.78, 5) is 20.6. The van der Waals surface area contributed by atoms with Crippen molar-refractivity contribution in [2.24, 2.45) is 5.92 Å². The number of fused-ring (bicyclic) bond motifs is 1. The SMILES string of the molecule is O=C(Nc1nc2[nH]nc(-n3cncc3-c3cc(Cl)ccc3Cl)c2s1)C1CC1. The first kappa shape index (κ1) is 16.7. The zero-order valence-electron chi connectivity index (χ0n) is 13.7. The van der Waals surface area contributed by atoms with Crippen LogP contribution in [0.5, 0.6) is 0 Å². The minimum Gasteiger partial charge on any atom is -0.302 e. The zero-order valence-corrected chi connectivity index (χ0v) is 16.1. The number of halogens is 2. The van der Waals surface area contributed by atoms with E-state index in [4.69, 9.17) is 23.2 Å². The number of imidazole rings is 1. The molecule has 27 heavy (non-hydrogen) atoms. The zero-order chi connectivity index (χ0) is 18.5. The number of carbonyl (C=O) groups is 1. The van der Waals surface area contributed by atoms with Gasteiger partial charge in [-0.15, -0.1) is 0 Å². The maximum Gasteiger partial charge on any atom is 0.229 e. The van der Waals surface area contributed by atoms with Crippen molar-refractivity contribution in [1.29, 1.82) is 0 Å². The number of aromatic nitrogens is 5. The molecule has 0 radical (unpaired) electrons.